The molecule has 1 unspecified atom stereocenters. The Kier molecular flexibility index (Phi) is 3.88. The van der Waals surface area contributed by atoms with E-state index in [1.54, 1.807) is 0 Å². The summed E-state index contributed by atoms with van der Waals surface area (Å²) in [6.07, 6.45) is 4.13. The summed E-state index contributed by atoms with van der Waals surface area (Å²) in [7, 11) is 2.25. The van der Waals surface area contributed by atoms with Crippen molar-refractivity contribution in [3.8, 4) is 0 Å². The monoisotopic (exact) mass is 225 g/mol. The largest absolute Gasteiger partial charge is 0.315 e. The normalized spacial score (nSPS) is 33.6. The first-order valence-electron chi connectivity index (χ1n) is 6.75. The molecule has 1 atom stereocenters. The van der Waals surface area contributed by atoms with Crippen LogP contribution in [0.15, 0.2) is 0 Å². The van der Waals surface area contributed by atoms with E-state index in [1.807, 2.05) is 0 Å². The fourth-order valence-electron chi connectivity index (χ4n) is 2.90. The van der Waals surface area contributed by atoms with E-state index >= 15 is 0 Å². The third kappa shape index (κ3) is 2.76. The molecule has 3 heteroatoms. The molecule has 0 spiro atoms. The predicted octanol–water partition coefficient (Wildman–Crippen LogP) is 1.15. The molecule has 0 aromatic heterocycles. The van der Waals surface area contributed by atoms with Gasteiger partial charge in [0.05, 0.1) is 0 Å². The van der Waals surface area contributed by atoms with Crippen molar-refractivity contribution in [1.82, 2.24) is 15.1 Å². The first-order chi connectivity index (χ1) is 7.59. The summed E-state index contributed by atoms with van der Waals surface area (Å²) >= 11 is 0. The van der Waals surface area contributed by atoms with Gasteiger partial charge in [-0.05, 0) is 40.3 Å². The van der Waals surface area contributed by atoms with Crippen molar-refractivity contribution in [2.24, 2.45) is 0 Å². The van der Waals surface area contributed by atoms with Crippen LogP contribution in [0.4, 0.5) is 0 Å². The van der Waals surface area contributed by atoms with Crippen LogP contribution in [0.1, 0.15) is 33.1 Å². The Labute approximate surface area is 100 Å². The van der Waals surface area contributed by atoms with Crippen molar-refractivity contribution in [1.29, 1.82) is 0 Å². The highest BCUT2D eigenvalue weighted by atomic mass is 15.3. The molecule has 2 fully saturated rings. The molecule has 3 nitrogen and oxygen atoms in total. The molecule has 2 saturated heterocycles. The SMILES string of the molecule is CN1CCN(C2CCCCNC2)CC1(C)C. The summed E-state index contributed by atoms with van der Waals surface area (Å²) < 4.78 is 0. The van der Waals surface area contributed by atoms with E-state index in [0.29, 0.717) is 5.54 Å². The van der Waals surface area contributed by atoms with Gasteiger partial charge in [-0.1, -0.05) is 6.42 Å². The van der Waals surface area contributed by atoms with Crippen molar-refractivity contribution in [3.63, 3.8) is 0 Å². The van der Waals surface area contributed by atoms with Gasteiger partial charge in [0, 0.05) is 37.8 Å². The summed E-state index contributed by atoms with van der Waals surface area (Å²) in [5, 5.41) is 3.58. The van der Waals surface area contributed by atoms with Crippen molar-refractivity contribution >= 4 is 0 Å². The second-order valence-corrected chi connectivity index (χ2v) is 6.06. The number of hydrogen-bond acceptors (Lipinski definition) is 3. The van der Waals surface area contributed by atoms with E-state index in [-0.39, 0.29) is 0 Å². The van der Waals surface area contributed by atoms with Crippen LogP contribution in [-0.4, -0.2) is 61.2 Å². The minimum atomic E-state index is 0.338. The van der Waals surface area contributed by atoms with E-state index in [9.17, 15) is 0 Å². The molecule has 16 heavy (non-hydrogen) atoms. The standard InChI is InChI=1S/C13H27N3/c1-13(2)11-16(9-8-15(13)3)12-6-4-5-7-14-10-12/h12,14H,4-11H2,1-3H3. The van der Waals surface area contributed by atoms with E-state index < -0.39 is 0 Å². The minimum absolute atomic E-state index is 0.338. The average molecular weight is 225 g/mol. The molecule has 0 saturated carbocycles. The van der Waals surface area contributed by atoms with Gasteiger partial charge in [-0.25, -0.2) is 0 Å². The summed E-state index contributed by atoms with van der Waals surface area (Å²) in [4.78, 5) is 5.20. The molecular formula is C13H27N3. The van der Waals surface area contributed by atoms with Crippen LogP contribution >= 0.6 is 0 Å². The number of nitrogens with one attached hydrogen (secondary N) is 1. The van der Waals surface area contributed by atoms with E-state index in [2.05, 4.69) is 36.0 Å². The highest BCUT2D eigenvalue weighted by Crippen LogP contribution is 2.22. The maximum atomic E-state index is 3.58. The molecule has 0 aromatic rings. The zero-order valence-electron chi connectivity index (χ0n) is 11.1. The van der Waals surface area contributed by atoms with Gasteiger partial charge in [0.15, 0.2) is 0 Å². The van der Waals surface area contributed by atoms with Gasteiger partial charge < -0.3 is 5.32 Å². The van der Waals surface area contributed by atoms with Crippen molar-refractivity contribution in [3.05, 3.63) is 0 Å². The van der Waals surface area contributed by atoms with Crippen molar-refractivity contribution in [2.45, 2.75) is 44.7 Å². The predicted molar refractivity (Wildman–Crippen MR) is 68.8 cm³/mol. The third-order valence-corrected chi connectivity index (χ3v) is 4.38. The summed E-state index contributed by atoms with van der Waals surface area (Å²) in [6, 6.07) is 0.774. The highest BCUT2D eigenvalue weighted by Gasteiger charge is 2.34. The van der Waals surface area contributed by atoms with Crippen LogP contribution in [0.25, 0.3) is 0 Å². The topological polar surface area (TPSA) is 18.5 Å². The van der Waals surface area contributed by atoms with Gasteiger partial charge in [-0.15, -0.1) is 0 Å². The average Bonchev–Trinajstić information content (AvgIpc) is 2.50. The molecule has 1 N–H and O–H groups in total. The Hall–Kier alpha value is -0.120. The second-order valence-electron chi connectivity index (χ2n) is 6.06. The number of piperazine rings is 1. The fourth-order valence-corrected chi connectivity index (χ4v) is 2.90. The smallest absolute Gasteiger partial charge is 0.0277 e. The Bertz CT molecular complexity index is 219. The van der Waals surface area contributed by atoms with E-state index in [1.165, 1.54) is 52.0 Å². The van der Waals surface area contributed by atoms with Gasteiger partial charge >= 0.3 is 0 Å². The lowest BCUT2D eigenvalue weighted by Gasteiger charge is -2.48. The maximum absolute atomic E-state index is 3.58. The van der Waals surface area contributed by atoms with E-state index in [4.69, 9.17) is 0 Å². The Balaban J connectivity index is 1.94. The lowest BCUT2D eigenvalue weighted by molar-refractivity contribution is 0.0158. The van der Waals surface area contributed by atoms with Crippen molar-refractivity contribution in [2.75, 3.05) is 39.8 Å². The molecule has 2 heterocycles. The number of rotatable bonds is 1. The molecule has 0 aromatic carbocycles. The number of likely N-dealkylation sites (N-methyl/N-ethyl adjacent to an activating group) is 1. The molecule has 0 aliphatic carbocycles. The first-order valence-corrected chi connectivity index (χ1v) is 6.75. The lowest BCUT2D eigenvalue weighted by Crippen LogP contribution is -2.60. The summed E-state index contributed by atoms with van der Waals surface area (Å²) in [5.74, 6) is 0. The molecule has 2 rings (SSSR count). The van der Waals surface area contributed by atoms with Crippen LogP contribution < -0.4 is 5.32 Å². The van der Waals surface area contributed by atoms with Gasteiger partial charge in [-0.2, -0.15) is 0 Å². The Morgan fingerprint density at radius 2 is 2.00 bits per heavy atom. The molecule has 2 aliphatic heterocycles. The second kappa shape index (κ2) is 5.03. The zero-order valence-corrected chi connectivity index (χ0v) is 11.1. The zero-order chi connectivity index (χ0) is 11.6. The van der Waals surface area contributed by atoms with Crippen LogP contribution in [-0.2, 0) is 0 Å². The van der Waals surface area contributed by atoms with Crippen LogP contribution in [0, 0.1) is 0 Å². The highest BCUT2D eigenvalue weighted by molar-refractivity contribution is 4.91. The molecule has 0 bridgehead atoms. The molecule has 94 valence electrons. The van der Waals surface area contributed by atoms with Gasteiger partial charge in [-0.3, -0.25) is 9.80 Å². The Morgan fingerprint density at radius 3 is 2.75 bits per heavy atom. The van der Waals surface area contributed by atoms with Crippen LogP contribution in [0.3, 0.4) is 0 Å². The molecule has 0 radical (unpaired) electrons. The number of hydrogen-bond donors (Lipinski definition) is 1. The fraction of sp³-hybridized carbons (Fsp3) is 1.00. The van der Waals surface area contributed by atoms with Gasteiger partial charge in [0.25, 0.3) is 0 Å². The van der Waals surface area contributed by atoms with E-state index in [0.717, 1.165) is 6.04 Å². The van der Waals surface area contributed by atoms with Gasteiger partial charge in [0.1, 0.15) is 0 Å². The Morgan fingerprint density at radius 1 is 1.19 bits per heavy atom. The minimum Gasteiger partial charge on any atom is -0.315 e. The third-order valence-electron chi connectivity index (χ3n) is 4.38. The maximum Gasteiger partial charge on any atom is 0.0277 e. The lowest BCUT2D eigenvalue weighted by atomic mass is 9.97. The molecule has 2 aliphatic rings. The summed E-state index contributed by atoms with van der Waals surface area (Å²) in [5.41, 5.74) is 0.338. The quantitative estimate of drug-likeness (QED) is 0.722. The van der Waals surface area contributed by atoms with Crippen LogP contribution in [0.5, 0.6) is 0 Å². The van der Waals surface area contributed by atoms with Crippen LogP contribution in [0.2, 0.25) is 0 Å². The molecule has 0 amide bonds. The summed E-state index contributed by atoms with van der Waals surface area (Å²) in [6.45, 7) is 10.8. The molecular weight excluding hydrogens is 198 g/mol. The van der Waals surface area contributed by atoms with Gasteiger partial charge in [0.2, 0.25) is 0 Å². The first kappa shape index (κ1) is 12.3. The van der Waals surface area contributed by atoms with Crippen molar-refractivity contribution < 1.29 is 0 Å². The number of nitrogens with zero attached hydrogens (tertiary/aromatic N) is 2.